The molecule has 0 N–H and O–H groups in total. The second kappa shape index (κ2) is 7.66. The number of unbranched alkanes of at least 4 members (excludes halogenated alkanes) is 1. The lowest BCUT2D eigenvalue weighted by Gasteiger charge is -1.98. The van der Waals surface area contributed by atoms with Crippen LogP contribution >= 0.6 is 15.9 Å². The van der Waals surface area contributed by atoms with Gasteiger partial charge in [-0.2, -0.15) is 0 Å². The molecule has 0 saturated heterocycles. The molecule has 0 amide bonds. The van der Waals surface area contributed by atoms with Crippen molar-refractivity contribution < 1.29 is 4.74 Å². The molecule has 1 rings (SSSR count). The van der Waals surface area contributed by atoms with Gasteiger partial charge in [-0.05, 0) is 24.1 Å². The van der Waals surface area contributed by atoms with Gasteiger partial charge in [-0.15, -0.1) is 0 Å². The summed E-state index contributed by atoms with van der Waals surface area (Å²) in [6, 6.07) is 8.23. The SMILES string of the molecule is CCCCOC/C=C/c1ccc(Br)cc1. The molecule has 0 atom stereocenters. The Bertz CT molecular complexity index is 290. The van der Waals surface area contributed by atoms with Gasteiger partial charge >= 0.3 is 0 Å². The number of ether oxygens (including phenoxy) is 1. The predicted molar refractivity (Wildman–Crippen MR) is 68.9 cm³/mol. The third-order valence-electron chi connectivity index (χ3n) is 2.04. The fourth-order valence-corrected chi connectivity index (χ4v) is 1.42. The van der Waals surface area contributed by atoms with E-state index in [4.69, 9.17) is 4.74 Å². The molecule has 0 aliphatic rings. The quantitative estimate of drug-likeness (QED) is 0.700. The molecule has 2 heteroatoms. The predicted octanol–water partition coefficient (Wildman–Crippen LogP) is 4.28. The highest BCUT2D eigenvalue weighted by Crippen LogP contribution is 2.11. The van der Waals surface area contributed by atoms with Crippen molar-refractivity contribution in [1.29, 1.82) is 0 Å². The summed E-state index contributed by atoms with van der Waals surface area (Å²) in [6.45, 7) is 3.73. The molecule has 0 aliphatic heterocycles. The summed E-state index contributed by atoms with van der Waals surface area (Å²) in [5, 5.41) is 0. The maximum absolute atomic E-state index is 5.42. The maximum atomic E-state index is 5.42. The van der Waals surface area contributed by atoms with E-state index in [1.807, 2.05) is 12.1 Å². The van der Waals surface area contributed by atoms with Crippen LogP contribution in [0, 0.1) is 0 Å². The van der Waals surface area contributed by atoms with Gasteiger partial charge in [-0.25, -0.2) is 0 Å². The second-order valence-electron chi connectivity index (χ2n) is 3.38. The standard InChI is InChI=1S/C13H17BrO/c1-2-3-10-15-11-4-5-12-6-8-13(14)9-7-12/h4-9H,2-3,10-11H2,1H3/b5-4+. The largest absolute Gasteiger partial charge is 0.377 e. The molecule has 0 bridgehead atoms. The summed E-state index contributed by atoms with van der Waals surface area (Å²) in [5.74, 6) is 0. The summed E-state index contributed by atoms with van der Waals surface area (Å²) < 4.78 is 6.53. The van der Waals surface area contributed by atoms with Crippen molar-refractivity contribution >= 4 is 22.0 Å². The fraction of sp³-hybridized carbons (Fsp3) is 0.385. The zero-order valence-corrected chi connectivity index (χ0v) is 10.7. The van der Waals surface area contributed by atoms with Crippen LogP contribution in [0.5, 0.6) is 0 Å². The third kappa shape index (κ3) is 5.75. The van der Waals surface area contributed by atoms with Gasteiger partial charge in [0.05, 0.1) is 6.61 Å². The Balaban J connectivity index is 2.23. The molecule has 0 aromatic heterocycles. The number of halogens is 1. The Morgan fingerprint density at radius 3 is 2.67 bits per heavy atom. The van der Waals surface area contributed by atoms with E-state index in [-0.39, 0.29) is 0 Å². The lowest BCUT2D eigenvalue weighted by atomic mass is 10.2. The number of hydrogen-bond donors (Lipinski definition) is 0. The van der Waals surface area contributed by atoms with E-state index in [0.29, 0.717) is 6.61 Å². The molecule has 0 unspecified atom stereocenters. The molecule has 1 aromatic rings. The van der Waals surface area contributed by atoms with Crippen LogP contribution in [0.2, 0.25) is 0 Å². The van der Waals surface area contributed by atoms with Crippen molar-refractivity contribution in [3.05, 3.63) is 40.4 Å². The Morgan fingerprint density at radius 2 is 2.00 bits per heavy atom. The smallest absolute Gasteiger partial charge is 0.0650 e. The van der Waals surface area contributed by atoms with E-state index in [0.717, 1.165) is 17.5 Å². The van der Waals surface area contributed by atoms with Crippen molar-refractivity contribution in [2.75, 3.05) is 13.2 Å². The molecule has 0 radical (unpaired) electrons. The van der Waals surface area contributed by atoms with Crippen molar-refractivity contribution in [3.8, 4) is 0 Å². The summed E-state index contributed by atoms with van der Waals surface area (Å²) >= 11 is 3.41. The normalized spacial score (nSPS) is 11.1. The van der Waals surface area contributed by atoms with Crippen LogP contribution in [0.3, 0.4) is 0 Å². The molecule has 0 fully saturated rings. The average Bonchev–Trinajstić information content (AvgIpc) is 2.26. The first kappa shape index (κ1) is 12.5. The highest BCUT2D eigenvalue weighted by atomic mass is 79.9. The summed E-state index contributed by atoms with van der Waals surface area (Å²) in [6.07, 6.45) is 6.47. The van der Waals surface area contributed by atoms with E-state index in [2.05, 4.69) is 47.1 Å². The molecule has 0 aliphatic carbocycles. The zero-order valence-electron chi connectivity index (χ0n) is 9.08. The lowest BCUT2D eigenvalue weighted by Crippen LogP contribution is -1.92. The molecular weight excluding hydrogens is 252 g/mol. The maximum Gasteiger partial charge on any atom is 0.0650 e. The van der Waals surface area contributed by atoms with Crippen LogP contribution in [0.15, 0.2) is 34.8 Å². The summed E-state index contributed by atoms with van der Waals surface area (Å²) in [7, 11) is 0. The molecule has 1 nitrogen and oxygen atoms in total. The minimum Gasteiger partial charge on any atom is -0.377 e. The van der Waals surface area contributed by atoms with E-state index in [9.17, 15) is 0 Å². The minimum absolute atomic E-state index is 0.704. The summed E-state index contributed by atoms with van der Waals surface area (Å²) in [5.41, 5.74) is 1.21. The molecule has 0 spiro atoms. The van der Waals surface area contributed by atoms with Gasteiger partial charge in [-0.1, -0.05) is 53.6 Å². The van der Waals surface area contributed by atoms with E-state index < -0.39 is 0 Å². The second-order valence-corrected chi connectivity index (χ2v) is 4.30. The number of rotatable bonds is 6. The molecule has 15 heavy (non-hydrogen) atoms. The fourth-order valence-electron chi connectivity index (χ4n) is 1.16. The molecule has 82 valence electrons. The van der Waals surface area contributed by atoms with Crippen molar-refractivity contribution in [2.45, 2.75) is 19.8 Å². The van der Waals surface area contributed by atoms with Gasteiger partial charge in [0.15, 0.2) is 0 Å². The van der Waals surface area contributed by atoms with Gasteiger partial charge in [0.25, 0.3) is 0 Å². The summed E-state index contributed by atoms with van der Waals surface area (Å²) in [4.78, 5) is 0. The molecule has 1 aromatic carbocycles. The van der Waals surface area contributed by atoms with Crippen LogP contribution in [-0.2, 0) is 4.74 Å². The van der Waals surface area contributed by atoms with Gasteiger partial charge in [-0.3, -0.25) is 0 Å². The topological polar surface area (TPSA) is 9.23 Å². The van der Waals surface area contributed by atoms with Crippen molar-refractivity contribution in [2.24, 2.45) is 0 Å². The van der Waals surface area contributed by atoms with Crippen molar-refractivity contribution in [1.82, 2.24) is 0 Å². The van der Waals surface area contributed by atoms with Crippen LogP contribution in [0.25, 0.3) is 6.08 Å². The van der Waals surface area contributed by atoms with Crippen molar-refractivity contribution in [3.63, 3.8) is 0 Å². The third-order valence-corrected chi connectivity index (χ3v) is 2.57. The minimum atomic E-state index is 0.704. The van der Waals surface area contributed by atoms with Crippen LogP contribution in [0.1, 0.15) is 25.3 Å². The monoisotopic (exact) mass is 268 g/mol. The Morgan fingerprint density at radius 1 is 1.27 bits per heavy atom. The Labute approximate surface area is 100 Å². The van der Waals surface area contributed by atoms with E-state index >= 15 is 0 Å². The highest BCUT2D eigenvalue weighted by molar-refractivity contribution is 9.10. The molecular formula is C13H17BrO. The zero-order chi connectivity index (χ0) is 10.9. The number of hydrogen-bond acceptors (Lipinski definition) is 1. The van der Waals surface area contributed by atoms with E-state index in [1.165, 1.54) is 12.0 Å². The first-order valence-electron chi connectivity index (χ1n) is 5.33. The lowest BCUT2D eigenvalue weighted by molar-refractivity contribution is 0.159. The van der Waals surface area contributed by atoms with Crippen LogP contribution < -0.4 is 0 Å². The van der Waals surface area contributed by atoms with Gasteiger partial charge in [0.1, 0.15) is 0 Å². The molecule has 0 saturated carbocycles. The number of benzene rings is 1. The highest BCUT2D eigenvalue weighted by Gasteiger charge is 1.87. The first-order chi connectivity index (χ1) is 7.33. The first-order valence-corrected chi connectivity index (χ1v) is 6.12. The van der Waals surface area contributed by atoms with Gasteiger partial charge in [0, 0.05) is 11.1 Å². The molecule has 0 heterocycles. The average molecular weight is 269 g/mol. The van der Waals surface area contributed by atoms with Crippen LogP contribution in [-0.4, -0.2) is 13.2 Å². The van der Waals surface area contributed by atoms with E-state index in [1.54, 1.807) is 0 Å². The Kier molecular flexibility index (Phi) is 6.37. The van der Waals surface area contributed by atoms with Gasteiger partial charge < -0.3 is 4.74 Å². The Hall–Kier alpha value is -0.600. The van der Waals surface area contributed by atoms with Crippen LogP contribution in [0.4, 0.5) is 0 Å². The van der Waals surface area contributed by atoms with Gasteiger partial charge in [0.2, 0.25) is 0 Å².